The van der Waals surface area contributed by atoms with E-state index in [0.29, 0.717) is 11.2 Å². The lowest BCUT2D eigenvalue weighted by atomic mass is 9.78. The summed E-state index contributed by atoms with van der Waals surface area (Å²) in [6, 6.07) is -0.754. The number of alkyl carbamates (subject to hydrolysis) is 1. The van der Waals surface area contributed by atoms with Gasteiger partial charge in [0.15, 0.2) is 0 Å². The van der Waals surface area contributed by atoms with Crippen LogP contribution in [0.25, 0.3) is 0 Å². The molecular formula is C22H33BN2O5. The summed E-state index contributed by atoms with van der Waals surface area (Å²) in [5.74, 6) is -0.491. The third kappa shape index (κ3) is 5.90. The van der Waals surface area contributed by atoms with Crippen molar-refractivity contribution in [2.45, 2.75) is 85.2 Å². The number of nitrogens with one attached hydrogen (secondary N) is 2. The molecule has 1 fully saturated rings. The Balaban J connectivity index is 2.10. The molecule has 2 rings (SSSR count). The average Bonchev–Trinajstić information content (AvgIpc) is 2.79. The largest absolute Gasteiger partial charge is 0.503 e. The van der Waals surface area contributed by atoms with Crippen LogP contribution < -0.4 is 10.6 Å². The first-order chi connectivity index (χ1) is 13.6. The van der Waals surface area contributed by atoms with Gasteiger partial charge in [-0.05, 0) is 66.2 Å². The van der Waals surface area contributed by atoms with E-state index in [-0.39, 0.29) is 11.8 Å². The van der Waals surface area contributed by atoms with Crippen LogP contribution in [0.5, 0.6) is 0 Å². The second-order valence-electron chi connectivity index (χ2n) is 9.90. The molecule has 1 aliphatic carbocycles. The Kier molecular flexibility index (Phi) is 6.80. The van der Waals surface area contributed by atoms with Crippen molar-refractivity contribution in [3.8, 4) is 0 Å². The summed E-state index contributed by atoms with van der Waals surface area (Å²) in [6.45, 7) is 16.9. The summed E-state index contributed by atoms with van der Waals surface area (Å²) in [5, 5.41) is 5.39. The van der Waals surface area contributed by atoms with E-state index < -0.39 is 36.1 Å². The molecule has 0 aromatic rings. The van der Waals surface area contributed by atoms with Crippen LogP contribution in [0, 0.1) is 5.92 Å². The van der Waals surface area contributed by atoms with Crippen molar-refractivity contribution in [3.05, 3.63) is 34.8 Å². The smallest absolute Gasteiger partial charge is 0.444 e. The van der Waals surface area contributed by atoms with Crippen molar-refractivity contribution in [1.29, 1.82) is 0 Å². The summed E-state index contributed by atoms with van der Waals surface area (Å²) >= 11 is 0. The number of carbonyl (C=O) groups is 2. The highest BCUT2D eigenvalue weighted by molar-refractivity contribution is 6.55. The second-order valence-corrected chi connectivity index (χ2v) is 9.90. The molecule has 1 unspecified atom stereocenters. The predicted octanol–water partition coefficient (Wildman–Crippen LogP) is 3.42. The van der Waals surface area contributed by atoms with E-state index in [1.165, 1.54) is 0 Å². The lowest BCUT2D eigenvalue weighted by Crippen LogP contribution is -2.50. The summed E-state index contributed by atoms with van der Waals surface area (Å²) in [4.78, 5) is 24.8. The van der Waals surface area contributed by atoms with E-state index in [0.717, 1.165) is 0 Å². The van der Waals surface area contributed by atoms with Gasteiger partial charge in [-0.3, -0.25) is 4.79 Å². The Hall–Kier alpha value is -2.24. The summed E-state index contributed by atoms with van der Waals surface area (Å²) in [5.41, 5.74) is 5.52. The van der Waals surface area contributed by atoms with E-state index in [1.807, 2.05) is 41.5 Å². The Morgan fingerprint density at radius 2 is 1.63 bits per heavy atom. The molecule has 2 N–H and O–H groups in total. The van der Waals surface area contributed by atoms with Crippen LogP contribution in [-0.4, -0.2) is 42.0 Å². The molecule has 30 heavy (non-hydrogen) atoms. The quantitative estimate of drug-likeness (QED) is 0.530. The number of hydrogen-bond acceptors (Lipinski definition) is 5. The fourth-order valence-electron chi connectivity index (χ4n) is 2.76. The normalized spacial score (nSPS) is 20.5. The van der Waals surface area contributed by atoms with Gasteiger partial charge in [-0.25, -0.2) is 4.79 Å². The molecule has 2 aliphatic rings. The zero-order valence-corrected chi connectivity index (χ0v) is 19.4. The van der Waals surface area contributed by atoms with Crippen LogP contribution in [0.15, 0.2) is 34.8 Å². The van der Waals surface area contributed by atoms with Gasteiger partial charge in [0.05, 0.1) is 16.9 Å². The van der Waals surface area contributed by atoms with E-state index in [1.54, 1.807) is 32.9 Å². The zero-order chi connectivity index (χ0) is 22.9. The predicted molar refractivity (Wildman–Crippen MR) is 115 cm³/mol. The number of ether oxygens (including phenoxy) is 1. The highest BCUT2D eigenvalue weighted by atomic mass is 16.7. The van der Waals surface area contributed by atoms with E-state index in [9.17, 15) is 9.59 Å². The van der Waals surface area contributed by atoms with Gasteiger partial charge in [0.2, 0.25) is 5.91 Å². The van der Waals surface area contributed by atoms with Crippen molar-refractivity contribution < 1.29 is 23.6 Å². The van der Waals surface area contributed by atoms with E-state index >= 15 is 0 Å². The van der Waals surface area contributed by atoms with Gasteiger partial charge in [0.1, 0.15) is 11.6 Å². The molecule has 0 aromatic heterocycles. The molecular weight excluding hydrogens is 383 g/mol. The first-order valence-corrected chi connectivity index (χ1v) is 10.2. The SMILES string of the molecule is CC(C)C(NC(=O)OC(C)(C)C)C(=O)NC1=C=C=C(B2OC(C)(C)C(C)(C)O2)C=C1. The number of carbonyl (C=O) groups excluding carboxylic acids is 2. The van der Waals surface area contributed by atoms with Crippen molar-refractivity contribution in [2.75, 3.05) is 0 Å². The molecule has 0 aromatic carbocycles. The third-order valence-electron chi connectivity index (χ3n) is 5.16. The highest BCUT2D eigenvalue weighted by Crippen LogP contribution is 2.38. The molecule has 7 nitrogen and oxygen atoms in total. The average molecular weight is 416 g/mol. The third-order valence-corrected chi connectivity index (χ3v) is 5.16. The van der Waals surface area contributed by atoms with Gasteiger partial charge in [0.25, 0.3) is 0 Å². The molecule has 8 heteroatoms. The number of amides is 2. The van der Waals surface area contributed by atoms with Gasteiger partial charge >= 0.3 is 13.2 Å². The minimum absolute atomic E-state index is 0.134. The van der Waals surface area contributed by atoms with E-state index in [2.05, 4.69) is 22.1 Å². The Morgan fingerprint density at radius 3 is 2.07 bits per heavy atom. The molecule has 0 radical (unpaired) electrons. The number of rotatable bonds is 5. The van der Waals surface area contributed by atoms with Gasteiger partial charge in [0, 0.05) is 5.47 Å². The number of hydrogen-bond donors (Lipinski definition) is 2. The molecule has 1 atom stereocenters. The molecule has 0 bridgehead atoms. The Labute approximate surface area is 179 Å². The molecule has 0 spiro atoms. The summed E-state index contributed by atoms with van der Waals surface area (Å²) in [7, 11) is -0.548. The highest BCUT2D eigenvalue weighted by Gasteiger charge is 2.52. The van der Waals surface area contributed by atoms with Crippen molar-refractivity contribution in [2.24, 2.45) is 5.92 Å². The Bertz CT molecular complexity index is 822. The molecule has 164 valence electrons. The lowest BCUT2D eigenvalue weighted by Gasteiger charge is -2.32. The molecule has 1 heterocycles. The van der Waals surface area contributed by atoms with Gasteiger partial charge in [-0.1, -0.05) is 25.7 Å². The van der Waals surface area contributed by atoms with Crippen LogP contribution in [0.4, 0.5) is 4.79 Å². The van der Waals surface area contributed by atoms with Gasteiger partial charge < -0.3 is 24.7 Å². The van der Waals surface area contributed by atoms with Crippen molar-refractivity contribution >= 4 is 19.1 Å². The first-order valence-electron chi connectivity index (χ1n) is 10.2. The monoisotopic (exact) mass is 416 g/mol. The fraction of sp³-hybridized carbons (Fsp3) is 0.636. The molecule has 1 aliphatic heterocycles. The van der Waals surface area contributed by atoms with Crippen molar-refractivity contribution in [3.63, 3.8) is 0 Å². The maximum Gasteiger partial charge on any atom is 0.503 e. The van der Waals surface area contributed by atoms with E-state index in [4.69, 9.17) is 14.0 Å². The zero-order valence-electron chi connectivity index (χ0n) is 19.4. The topological polar surface area (TPSA) is 85.9 Å². The standard InChI is InChI=1S/C22H33BN2O5/c1-14(2)17(25-19(27)28-20(3,4)5)18(26)24-16-12-10-15(11-13-16)23-29-21(6,7)22(8,9)30-23/h10,12,14,17H,1-9H3,(H,24,26)(H,25,27). The fourth-order valence-corrected chi connectivity index (χ4v) is 2.76. The molecule has 2 amide bonds. The molecule has 1 saturated heterocycles. The Morgan fingerprint density at radius 1 is 1.07 bits per heavy atom. The summed E-state index contributed by atoms with van der Waals surface area (Å²) < 4.78 is 17.3. The van der Waals surface area contributed by atoms with Crippen molar-refractivity contribution in [1.82, 2.24) is 10.6 Å². The lowest BCUT2D eigenvalue weighted by molar-refractivity contribution is -0.123. The maximum atomic E-state index is 12.7. The van der Waals surface area contributed by atoms with Crippen LogP contribution >= 0.6 is 0 Å². The van der Waals surface area contributed by atoms with Crippen LogP contribution in [0.1, 0.15) is 62.3 Å². The minimum Gasteiger partial charge on any atom is -0.444 e. The van der Waals surface area contributed by atoms with Crippen LogP contribution in [-0.2, 0) is 18.8 Å². The van der Waals surface area contributed by atoms with Gasteiger partial charge in [-0.2, -0.15) is 0 Å². The molecule has 0 saturated carbocycles. The number of allylic oxidation sites excluding steroid dienone is 3. The van der Waals surface area contributed by atoms with Crippen LogP contribution in [0.2, 0.25) is 0 Å². The van der Waals surface area contributed by atoms with Crippen LogP contribution in [0.3, 0.4) is 0 Å². The van der Waals surface area contributed by atoms with Gasteiger partial charge in [-0.15, -0.1) is 0 Å². The second kappa shape index (κ2) is 8.48. The minimum atomic E-state index is -0.754. The first kappa shape index (κ1) is 24.0. The summed E-state index contributed by atoms with van der Waals surface area (Å²) in [6.07, 6.45) is 2.85. The maximum absolute atomic E-state index is 12.7.